The van der Waals surface area contributed by atoms with Gasteiger partial charge in [-0.05, 0) is 11.8 Å². The van der Waals surface area contributed by atoms with Crippen molar-refractivity contribution >= 4 is 0 Å². The third-order valence-electron chi connectivity index (χ3n) is 3.78. The second-order valence-corrected chi connectivity index (χ2v) is 6.29. The Kier molecular flexibility index (Phi) is 3.73. The number of aromatic nitrogens is 3. The molecule has 1 aromatic rings. The molecule has 0 aromatic carbocycles. The zero-order valence-corrected chi connectivity index (χ0v) is 11.9. The number of hydrogen-bond acceptors (Lipinski definition) is 4. The second kappa shape index (κ2) is 4.97. The van der Waals surface area contributed by atoms with Crippen molar-refractivity contribution in [3.8, 4) is 0 Å². The highest BCUT2D eigenvalue weighted by Gasteiger charge is 2.41. The van der Waals surface area contributed by atoms with Crippen LogP contribution in [0.1, 0.15) is 33.5 Å². The van der Waals surface area contributed by atoms with Gasteiger partial charge in [-0.25, -0.2) is 9.67 Å². The summed E-state index contributed by atoms with van der Waals surface area (Å²) in [4.78, 5) is 6.70. The molecule has 0 amide bonds. The van der Waals surface area contributed by atoms with E-state index in [1.807, 2.05) is 4.68 Å². The number of hydrogen-bond donors (Lipinski definition) is 1. The van der Waals surface area contributed by atoms with Gasteiger partial charge < -0.3 is 5.73 Å². The van der Waals surface area contributed by atoms with E-state index in [-0.39, 0.29) is 5.54 Å². The van der Waals surface area contributed by atoms with Crippen LogP contribution in [-0.4, -0.2) is 38.3 Å². The van der Waals surface area contributed by atoms with Gasteiger partial charge in [-0.1, -0.05) is 27.7 Å². The molecule has 0 aliphatic carbocycles. The third-order valence-corrected chi connectivity index (χ3v) is 3.78. The lowest BCUT2D eigenvalue weighted by Gasteiger charge is -2.50. The Morgan fingerprint density at radius 3 is 2.56 bits per heavy atom. The van der Waals surface area contributed by atoms with E-state index in [4.69, 9.17) is 5.73 Å². The molecule has 1 aliphatic rings. The summed E-state index contributed by atoms with van der Waals surface area (Å²) in [6, 6.07) is 0. The maximum absolute atomic E-state index is 6.30. The predicted octanol–water partition coefficient (Wildman–Crippen LogP) is 1.10. The van der Waals surface area contributed by atoms with Crippen LogP contribution in [-0.2, 0) is 13.1 Å². The first-order valence-corrected chi connectivity index (χ1v) is 6.78. The molecule has 1 saturated heterocycles. The van der Waals surface area contributed by atoms with E-state index in [0.29, 0.717) is 11.8 Å². The van der Waals surface area contributed by atoms with Crippen LogP contribution in [0.15, 0.2) is 6.33 Å². The first-order chi connectivity index (χ1) is 8.40. The SMILES string of the molecule is CC(C)Cn1ncnc1CN1CC(N)(C(C)C)C1. The molecule has 2 heterocycles. The zero-order chi connectivity index (χ0) is 13.3. The van der Waals surface area contributed by atoms with Crippen molar-refractivity contribution in [2.45, 2.75) is 46.3 Å². The van der Waals surface area contributed by atoms with Crippen molar-refractivity contribution in [1.82, 2.24) is 19.7 Å². The van der Waals surface area contributed by atoms with Crippen LogP contribution in [0.25, 0.3) is 0 Å². The molecule has 1 fully saturated rings. The minimum absolute atomic E-state index is 0.0110. The van der Waals surface area contributed by atoms with Crippen LogP contribution >= 0.6 is 0 Å². The van der Waals surface area contributed by atoms with E-state index in [1.54, 1.807) is 6.33 Å². The monoisotopic (exact) mass is 251 g/mol. The van der Waals surface area contributed by atoms with Gasteiger partial charge in [-0.2, -0.15) is 5.10 Å². The Balaban J connectivity index is 1.91. The fourth-order valence-corrected chi connectivity index (χ4v) is 2.37. The Hall–Kier alpha value is -0.940. The smallest absolute Gasteiger partial charge is 0.141 e. The molecule has 1 aliphatic heterocycles. The second-order valence-electron chi connectivity index (χ2n) is 6.29. The van der Waals surface area contributed by atoms with Crippen LogP contribution in [0.4, 0.5) is 0 Å². The van der Waals surface area contributed by atoms with Crippen LogP contribution < -0.4 is 5.73 Å². The summed E-state index contributed by atoms with van der Waals surface area (Å²) in [5.74, 6) is 2.17. The fourth-order valence-electron chi connectivity index (χ4n) is 2.37. The summed E-state index contributed by atoms with van der Waals surface area (Å²) >= 11 is 0. The summed E-state index contributed by atoms with van der Waals surface area (Å²) in [5, 5.41) is 4.29. The van der Waals surface area contributed by atoms with Crippen molar-refractivity contribution in [3.05, 3.63) is 12.2 Å². The molecule has 18 heavy (non-hydrogen) atoms. The minimum atomic E-state index is -0.0110. The fraction of sp³-hybridized carbons (Fsp3) is 0.846. The van der Waals surface area contributed by atoms with E-state index < -0.39 is 0 Å². The molecule has 1 aromatic heterocycles. The van der Waals surface area contributed by atoms with Gasteiger partial charge in [0.2, 0.25) is 0 Å². The number of rotatable bonds is 5. The van der Waals surface area contributed by atoms with Crippen molar-refractivity contribution in [1.29, 1.82) is 0 Å². The van der Waals surface area contributed by atoms with E-state index in [2.05, 4.69) is 42.7 Å². The van der Waals surface area contributed by atoms with Gasteiger partial charge in [0.25, 0.3) is 0 Å². The van der Waals surface area contributed by atoms with Gasteiger partial charge in [-0.15, -0.1) is 0 Å². The normalized spacial score (nSPS) is 19.5. The molecule has 0 bridgehead atoms. The number of nitrogens with two attached hydrogens (primary N) is 1. The highest BCUT2D eigenvalue weighted by atomic mass is 15.4. The lowest BCUT2D eigenvalue weighted by atomic mass is 9.80. The minimum Gasteiger partial charge on any atom is -0.323 e. The molecule has 0 radical (unpaired) electrons. The van der Waals surface area contributed by atoms with E-state index in [1.165, 1.54) is 0 Å². The van der Waals surface area contributed by atoms with E-state index in [9.17, 15) is 0 Å². The molecule has 0 unspecified atom stereocenters. The van der Waals surface area contributed by atoms with E-state index >= 15 is 0 Å². The Morgan fingerprint density at radius 2 is 2.00 bits per heavy atom. The zero-order valence-electron chi connectivity index (χ0n) is 11.9. The van der Waals surface area contributed by atoms with Crippen molar-refractivity contribution in [2.24, 2.45) is 17.6 Å². The van der Waals surface area contributed by atoms with Crippen LogP contribution in [0.3, 0.4) is 0 Å². The van der Waals surface area contributed by atoms with Gasteiger partial charge >= 0.3 is 0 Å². The lowest BCUT2D eigenvalue weighted by molar-refractivity contribution is 0.0281. The van der Waals surface area contributed by atoms with Crippen LogP contribution in [0.5, 0.6) is 0 Å². The Bertz CT molecular complexity index is 390. The van der Waals surface area contributed by atoms with Gasteiger partial charge in [0, 0.05) is 25.2 Å². The molecule has 0 saturated carbocycles. The molecule has 2 N–H and O–H groups in total. The summed E-state index contributed by atoms with van der Waals surface area (Å²) in [5.41, 5.74) is 6.29. The first kappa shape index (κ1) is 13.5. The summed E-state index contributed by atoms with van der Waals surface area (Å²) < 4.78 is 2.01. The maximum atomic E-state index is 6.30. The Morgan fingerprint density at radius 1 is 1.33 bits per heavy atom. The first-order valence-electron chi connectivity index (χ1n) is 6.78. The average Bonchev–Trinajstić information content (AvgIpc) is 2.62. The maximum Gasteiger partial charge on any atom is 0.141 e. The van der Waals surface area contributed by atoms with Crippen LogP contribution in [0, 0.1) is 11.8 Å². The molecular formula is C13H25N5. The predicted molar refractivity (Wildman–Crippen MR) is 71.9 cm³/mol. The Labute approximate surface area is 109 Å². The number of likely N-dealkylation sites (tertiary alicyclic amines) is 1. The third kappa shape index (κ3) is 2.72. The van der Waals surface area contributed by atoms with Crippen LogP contribution in [0.2, 0.25) is 0 Å². The highest BCUT2D eigenvalue weighted by molar-refractivity contribution is 5.03. The van der Waals surface area contributed by atoms with Crippen molar-refractivity contribution in [2.75, 3.05) is 13.1 Å². The largest absolute Gasteiger partial charge is 0.323 e. The number of nitrogens with zero attached hydrogens (tertiary/aromatic N) is 4. The molecule has 5 heteroatoms. The topological polar surface area (TPSA) is 60.0 Å². The quantitative estimate of drug-likeness (QED) is 0.851. The van der Waals surface area contributed by atoms with Gasteiger partial charge in [0.15, 0.2) is 0 Å². The lowest BCUT2D eigenvalue weighted by Crippen LogP contribution is -2.69. The molecule has 102 valence electrons. The standard InChI is InChI=1S/C13H25N5/c1-10(2)5-18-12(15-9-16-18)6-17-7-13(14,8-17)11(3)4/h9-11H,5-8,14H2,1-4H3. The van der Waals surface area contributed by atoms with Gasteiger partial charge in [0.05, 0.1) is 6.54 Å². The van der Waals surface area contributed by atoms with Crippen molar-refractivity contribution < 1.29 is 0 Å². The molecule has 2 rings (SSSR count). The van der Waals surface area contributed by atoms with Gasteiger partial charge in [-0.3, -0.25) is 4.90 Å². The summed E-state index contributed by atoms with van der Waals surface area (Å²) in [7, 11) is 0. The molecule has 5 nitrogen and oxygen atoms in total. The molecule has 0 spiro atoms. The van der Waals surface area contributed by atoms with Gasteiger partial charge in [0.1, 0.15) is 12.2 Å². The summed E-state index contributed by atoms with van der Waals surface area (Å²) in [6.07, 6.45) is 1.65. The highest BCUT2D eigenvalue weighted by Crippen LogP contribution is 2.27. The molecular weight excluding hydrogens is 226 g/mol. The average molecular weight is 251 g/mol. The molecule has 0 atom stereocenters. The van der Waals surface area contributed by atoms with Crippen molar-refractivity contribution in [3.63, 3.8) is 0 Å². The summed E-state index contributed by atoms with van der Waals surface area (Å²) in [6.45, 7) is 12.5. The van der Waals surface area contributed by atoms with E-state index in [0.717, 1.165) is 32.0 Å².